The van der Waals surface area contributed by atoms with Crippen molar-refractivity contribution in [2.45, 2.75) is 52.4 Å². The highest BCUT2D eigenvalue weighted by Crippen LogP contribution is 2.38. The molecule has 0 saturated carbocycles. The molecular weight excluding hydrogens is 302 g/mol. The van der Waals surface area contributed by atoms with E-state index in [1.165, 1.54) is 71.1 Å². The van der Waals surface area contributed by atoms with Crippen LogP contribution < -0.4 is 0 Å². The molecule has 0 aliphatic carbocycles. The summed E-state index contributed by atoms with van der Waals surface area (Å²) in [4.78, 5) is 3.72. The van der Waals surface area contributed by atoms with Crippen LogP contribution in [0.5, 0.6) is 0 Å². The van der Waals surface area contributed by atoms with Crippen LogP contribution in [0.25, 0.3) is 32.6 Å². The SMILES string of the molecule is CCCCc1c(CCCC)c2c3ccccc3[nH]c2c2ccccc12. The van der Waals surface area contributed by atoms with Crippen molar-refractivity contribution in [3.63, 3.8) is 0 Å². The van der Waals surface area contributed by atoms with E-state index in [4.69, 9.17) is 0 Å². The third-order valence-electron chi connectivity index (χ3n) is 5.45. The average molecular weight is 329 g/mol. The monoisotopic (exact) mass is 329 g/mol. The highest BCUT2D eigenvalue weighted by Gasteiger charge is 2.17. The molecule has 0 atom stereocenters. The predicted molar refractivity (Wildman–Crippen MR) is 111 cm³/mol. The molecule has 0 saturated heterocycles. The zero-order chi connectivity index (χ0) is 17.2. The topological polar surface area (TPSA) is 15.8 Å². The lowest BCUT2D eigenvalue weighted by Gasteiger charge is -2.16. The van der Waals surface area contributed by atoms with Crippen molar-refractivity contribution in [2.75, 3.05) is 0 Å². The van der Waals surface area contributed by atoms with E-state index in [1.54, 1.807) is 11.1 Å². The molecular formula is C24H27N. The summed E-state index contributed by atoms with van der Waals surface area (Å²) in [5.74, 6) is 0. The van der Waals surface area contributed by atoms with Crippen molar-refractivity contribution in [1.29, 1.82) is 0 Å². The lowest BCUT2D eigenvalue weighted by atomic mass is 9.88. The molecule has 1 aromatic heterocycles. The smallest absolute Gasteiger partial charge is 0.0547 e. The second-order valence-electron chi connectivity index (χ2n) is 7.13. The van der Waals surface area contributed by atoms with Crippen LogP contribution >= 0.6 is 0 Å². The van der Waals surface area contributed by atoms with Crippen LogP contribution in [0.1, 0.15) is 50.7 Å². The third kappa shape index (κ3) is 2.72. The number of unbranched alkanes of at least 4 members (excludes halogenated alkanes) is 2. The molecule has 4 aromatic rings. The molecule has 0 unspecified atom stereocenters. The lowest BCUT2D eigenvalue weighted by molar-refractivity contribution is 0.766. The zero-order valence-electron chi connectivity index (χ0n) is 15.4. The first-order valence-corrected chi connectivity index (χ1v) is 9.78. The maximum absolute atomic E-state index is 3.72. The van der Waals surface area contributed by atoms with Crippen molar-refractivity contribution >= 4 is 32.6 Å². The van der Waals surface area contributed by atoms with E-state index in [2.05, 4.69) is 67.4 Å². The highest BCUT2D eigenvalue weighted by atomic mass is 14.7. The van der Waals surface area contributed by atoms with Gasteiger partial charge in [0, 0.05) is 21.7 Å². The molecule has 128 valence electrons. The predicted octanol–water partition coefficient (Wildman–Crippen LogP) is 7.16. The summed E-state index contributed by atoms with van der Waals surface area (Å²) in [6.45, 7) is 4.58. The Balaban J connectivity index is 2.14. The van der Waals surface area contributed by atoms with E-state index >= 15 is 0 Å². The van der Waals surface area contributed by atoms with E-state index in [-0.39, 0.29) is 0 Å². The molecule has 0 amide bonds. The summed E-state index contributed by atoms with van der Waals surface area (Å²) in [5, 5.41) is 5.67. The number of hydrogen-bond acceptors (Lipinski definition) is 0. The summed E-state index contributed by atoms with van der Waals surface area (Å²) >= 11 is 0. The molecule has 1 heteroatoms. The molecule has 0 aliphatic heterocycles. The minimum absolute atomic E-state index is 1.18. The van der Waals surface area contributed by atoms with Gasteiger partial charge in [0.2, 0.25) is 0 Å². The number of H-pyrrole nitrogens is 1. The Hall–Kier alpha value is -2.28. The Morgan fingerprint density at radius 1 is 0.680 bits per heavy atom. The summed E-state index contributed by atoms with van der Waals surface area (Å²) < 4.78 is 0. The molecule has 3 aromatic carbocycles. The zero-order valence-corrected chi connectivity index (χ0v) is 15.4. The minimum Gasteiger partial charge on any atom is -0.354 e. The van der Waals surface area contributed by atoms with E-state index in [0.717, 1.165) is 0 Å². The number of nitrogens with one attached hydrogen (secondary N) is 1. The molecule has 0 radical (unpaired) electrons. The van der Waals surface area contributed by atoms with Gasteiger partial charge in [0.15, 0.2) is 0 Å². The number of benzene rings is 3. The van der Waals surface area contributed by atoms with Crippen LogP contribution in [0.15, 0.2) is 48.5 Å². The van der Waals surface area contributed by atoms with Crippen LogP contribution in [-0.4, -0.2) is 4.98 Å². The fourth-order valence-electron chi connectivity index (χ4n) is 4.20. The molecule has 1 N–H and O–H groups in total. The molecule has 1 nitrogen and oxygen atoms in total. The normalized spacial score (nSPS) is 11.8. The van der Waals surface area contributed by atoms with Gasteiger partial charge in [0.05, 0.1) is 5.52 Å². The van der Waals surface area contributed by atoms with Crippen molar-refractivity contribution < 1.29 is 0 Å². The van der Waals surface area contributed by atoms with Gasteiger partial charge >= 0.3 is 0 Å². The maximum Gasteiger partial charge on any atom is 0.0547 e. The fourth-order valence-corrected chi connectivity index (χ4v) is 4.20. The quantitative estimate of drug-likeness (QED) is 0.386. The van der Waals surface area contributed by atoms with Crippen LogP contribution in [0, 0.1) is 0 Å². The second-order valence-corrected chi connectivity index (χ2v) is 7.13. The first-order valence-electron chi connectivity index (χ1n) is 9.78. The number of hydrogen-bond donors (Lipinski definition) is 1. The summed E-state index contributed by atoms with van der Waals surface area (Å²) in [6.07, 6.45) is 7.37. The molecule has 0 aliphatic rings. The van der Waals surface area contributed by atoms with Crippen LogP contribution in [-0.2, 0) is 12.8 Å². The van der Waals surface area contributed by atoms with Crippen LogP contribution in [0.3, 0.4) is 0 Å². The summed E-state index contributed by atoms with van der Waals surface area (Å²) in [5.41, 5.74) is 5.75. The van der Waals surface area contributed by atoms with Gasteiger partial charge in [0.1, 0.15) is 0 Å². The lowest BCUT2D eigenvalue weighted by Crippen LogP contribution is -1.98. The molecule has 0 spiro atoms. The molecule has 4 rings (SSSR count). The van der Waals surface area contributed by atoms with Crippen molar-refractivity contribution in [1.82, 2.24) is 4.98 Å². The molecule has 25 heavy (non-hydrogen) atoms. The Bertz CT molecular complexity index is 1020. The Kier molecular flexibility index (Phi) is 4.48. The van der Waals surface area contributed by atoms with Crippen molar-refractivity contribution in [3.8, 4) is 0 Å². The highest BCUT2D eigenvalue weighted by molar-refractivity contribution is 6.19. The van der Waals surface area contributed by atoms with Gasteiger partial charge in [-0.25, -0.2) is 0 Å². The first-order chi connectivity index (χ1) is 12.3. The van der Waals surface area contributed by atoms with Gasteiger partial charge in [-0.2, -0.15) is 0 Å². The van der Waals surface area contributed by atoms with E-state index in [0.29, 0.717) is 0 Å². The van der Waals surface area contributed by atoms with Gasteiger partial charge in [-0.1, -0.05) is 69.2 Å². The van der Waals surface area contributed by atoms with Crippen LogP contribution in [0.4, 0.5) is 0 Å². The van der Waals surface area contributed by atoms with Crippen molar-refractivity contribution in [2.24, 2.45) is 0 Å². The molecule has 0 bridgehead atoms. The van der Waals surface area contributed by atoms with E-state index in [1.807, 2.05) is 0 Å². The average Bonchev–Trinajstić information content (AvgIpc) is 3.04. The van der Waals surface area contributed by atoms with Gasteiger partial charge < -0.3 is 4.98 Å². The summed E-state index contributed by atoms with van der Waals surface area (Å²) in [7, 11) is 0. The standard InChI is InChI=1S/C24H27N/c1-3-5-11-17-18-13-7-8-14-20(18)24-23(19(17)12-6-4-2)21-15-9-10-16-22(21)25-24/h7-10,13-16,25H,3-6,11-12H2,1-2H3. The van der Waals surface area contributed by atoms with Crippen LogP contribution in [0.2, 0.25) is 0 Å². The number of aromatic amines is 1. The Morgan fingerprint density at radius 2 is 1.28 bits per heavy atom. The van der Waals surface area contributed by atoms with E-state index in [9.17, 15) is 0 Å². The van der Waals surface area contributed by atoms with Gasteiger partial charge in [-0.3, -0.25) is 0 Å². The minimum atomic E-state index is 1.18. The fraction of sp³-hybridized carbons (Fsp3) is 0.333. The van der Waals surface area contributed by atoms with Gasteiger partial charge in [0.25, 0.3) is 0 Å². The number of aryl methyl sites for hydroxylation is 2. The van der Waals surface area contributed by atoms with Crippen molar-refractivity contribution in [3.05, 3.63) is 59.7 Å². The number of para-hydroxylation sites is 1. The van der Waals surface area contributed by atoms with E-state index < -0.39 is 0 Å². The Labute approximate surface area is 150 Å². The number of rotatable bonds is 6. The van der Waals surface area contributed by atoms with Gasteiger partial charge in [-0.15, -0.1) is 0 Å². The number of aromatic nitrogens is 1. The second kappa shape index (κ2) is 6.92. The molecule has 1 heterocycles. The number of fused-ring (bicyclic) bond motifs is 5. The first kappa shape index (κ1) is 16.2. The maximum atomic E-state index is 3.72. The van der Waals surface area contributed by atoms with Gasteiger partial charge in [-0.05, 0) is 48.3 Å². The third-order valence-corrected chi connectivity index (χ3v) is 5.45. The largest absolute Gasteiger partial charge is 0.354 e. The Morgan fingerprint density at radius 3 is 2.00 bits per heavy atom. The molecule has 0 fully saturated rings. The summed E-state index contributed by atoms with van der Waals surface area (Å²) in [6, 6.07) is 17.7.